The Kier molecular flexibility index (Phi) is 9.58. The highest BCUT2D eigenvalue weighted by atomic mass is 35.5. The van der Waals surface area contributed by atoms with Crippen molar-refractivity contribution in [3.05, 3.63) is 63.7 Å². The minimum Gasteiger partial charge on any atom is -0.368 e. The first-order valence-corrected chi connectivity index (χ1v) is 15.3. The zero-order chi connectivity index (χ0) is 31.1. The number of nitrogens with zero attached hydrogens (tertiary/aromatic N) is 4. The molecule has 4 rings (SSSR count). The first-order chi connectivity index (χ1) is 19.6. The van der Waals surface area contributed by atoms with E-state index in [1.165, 1.54) is 12.1 Å². The van der Waals surface area contributed by atoms with Crippen molar-refractivity contribution >= 4 is 29.1 Å². The standard InChI is InChI=1S/C33H45ClF2N4O2/c1-20(2)40(23(5)41)22(4)26-17-29(34)21(3)15-31(26)37-11-13-38(14-12-37)32(42)28-19-39(33(6,7)8)18-27(28)25-10-9-24(35)16-30(25)36/h9-10,15-17,20,22,27-28H,11-14,18-19H2,1-8H3/t22?,27-,28+/m0/s1. The lowest BCUT2D eigenvalue weighted by Crippen LogP contribution is -2.52. The third-order valence-electron chi connectivity index (χ3n) is 8.97. The van der Waals surface area contributed by atoms with Crippen molar-refractivity contribution in [2.45, 2.75) is 78.9 Å². The maximum atomic E-state index is 14.9. The molecule has 2 aliphatic rings. The van der Waals surface area contributed by atoms with Crippen LogP contribution in [0.4, 0.5) is 14.5 Å². The molecule has 0 N–H and O–H groups in total. The van der Waals surface area contributed by atoms with Crippen molar-refractivity contribution in [2.75, 3.05) is 44.2 Å². The molecule has 2 fully saturated rings. The number of likely N-dealkylation sites (tertiary alicyclic amines) is 1. The van der Waals surface area contributed by atoms with E-state index in [0.717, 1.165) is 22.9 Å². The number of halogens is 3. The monoisotopic (exact) mass is 602 g/mol. The van der Waals surface area contributed by atoms with E-state index < -0.39 is 17.6 Å². The second-order valence-electron chi connectivity index (χ2n) is 13.1. The number of carbonyl (C=O) groups is 2. The normalized spacial score (nSPS) is 20.8. The SMILES string of the molecule is CC(=O)N(C(C)C)C(C)c1cc(Cl)c(C)cc1N1CCN(C(=O)[C@@H]2CN(C(C)(C)C)C[C@H]2c2ccc(F)cc2F)CC1. The molecule has 6 nitrogen and oxygen atoms in total. The molecule has 230 valence electrons. The van der Waals surface area contributed by atoms with Crippen LogP contribution in [-0.4, -0.2) is 77.4 Å². The smallest absolute Gasteiger partial charge is 0.227 e. The molecule has 2 saturated heterocycles. The summed E-state index contributed by atoms with van der Waals surface area (Å²) >= 11 is 6.57. The molecule has 0 radical (unpaired) electrons. The lowest BCUT2D eigenvalue weighted by atomic mass is 9.87. The van der Waals surface area contributed by atoms with Gasteiger partial charge in [0, 0.05) is 80.5 Å². The molecule has 2 heterocycles. The van der Waals surface area contributed by atoms with Crippen LogP contribution >= 0.6 is 11.6 Å². The molecule has 2 aromatic rings. The predicted molar refractivity (Wildman–Crippen MR) is 165 cm³/mol. The first-order valence-electron chi connectivity index (χ1n) is 14.9. The predicted octanol–water partition coefficient (Wildman–Crippen LogP) is 6.41. The molecule has 0 spiro atoms. The van der Waals surface area contributed by atoms with Gasteiger partial charge in [-0.15, -0.1) is 0 Å². The Morgan fingerprint density at radius 3 is 2.19 bits per heavy atom. The van der Waals surface area contributed by atoms with Crippen LogP contribution in [-0.2, 0) is 9.59 Å². The Morgan fingerprint density at radius 1 is 1.00 bits per heavy atom. The van der Waals surface area contributed by atoms with Gasteiger partial charge in [-0.05, 0) is 83.4 Å². The van der Waals surface area contributed by atoms with E-state index in [1.807, 2.05) is 43.6 Å². The third-order valence-corrected chi connectivity index (χ3v) is 9.38. The summed E-state index contributed by atoms with van der Waals surface area (Å²) in [6.07, 6.45) is 0. The van der Waals surface area contributed by atoms with Crippen LogP contribution < -0.4 is 4.90 Å². The minimum absolute atomic E-state index is 0.00331. The lowest BCUT2D eigenvalue weighted by Gasteiger charge is -2.40. The van der Waals surface area contributed by atoms with E-state index in [1.54, 1.807) is 6.92 Å². The highest BCUT2D eigenvalue weighted by molar-refractivity contribution is 6.31. The Hall–Kier alpha value is -2.71. The van der Waals surface area contributed by atoms with Crippen molar-refractivity contribution in [3.8, 4) is 0 Å². The van der Waals surface area contributed by atoms with Gasteiger partial charge in [-0.25, -0.2) is 8.78 Å². The summed E-state index contributed by atoms with van der Waals surface area (Å²) in [7, 11) is 0. The van der Waals surface area contributed by atoms with Crippen LogP contribution in [0.15, 0.2) is 30.3 Å². The summed E-state index contributed by atoms with van der Waals surface area (Å²) in [5.41, 5.74) is 3.17. The quantitative estimate of drug-likeness (QED) is 0.384. The number of anilines is 1. The van der Waals surface area contributed by atoms with Gasteiger partial charge in [0.15, 0.2) is 0 Å². The highest BCUT2D eigenvalue weighted by Crippen LogP contribution is 2.40. The minimum atomic E-state index is -0.619. The maximum Gasteiger partial charge on any atom is 0.227 e. The van der Waals surface area contributed by atoms with Crippen LogP contribution in [0, 0.1) is 24.5 Å². The van der Waals surface area contributed by atoms with Gasteiger partial charge in [-0.2, -0.15) is 0 Å². The van der Waals surface area contributed by atoms with Gasteiger partial charge in [0.25, 0.3) is 0 Å². The highest BCUT2D eigenvalue weighted by Gasteiger charge is 2.44. The summed E-state index contributed by atoms with van der Waals surface area (Å²) in [5.74, 6) is -1.97. The number of piperazine rings is 1. The number of hydrogen-bond donors (Lipinski definition) is 0. The number of rotatable bonds is 6. The van der Waals surface area contributed by atoms with Crippen LogP contribution in [0.1, 0.15) is 77.1 Å². The molecular formula is C33H45ClF2N4O2. The second kappa shape index (κ2) is 12.5. The fraction of sp³-hybridized carbons (Fsp3) is 0.576. The van der Waals surface area contributed by atoms with E-state index in [2.05, 4.69) is 36.6 Å². The van der Waals surface area contributed by atoms with Crippen LogP contribution in [0.2, 0.25) is 5.02 Å². The maximum absolute atomic E-state index is 14.9. The van der Waals surface area contributed by atoms with Crippen molar-refractivity contribution in [3.63, 3.8) is 0 Å². The fourth-order valence-electron chi connectivity index (χ4n) is 6.64. The Balaban J connectivity index is 1.56. The fourth-order valence-corrected chi connectivity index (χ4v) is 6.82. The Labute approximate surface area is 254 Å². The first kappa shape index (κ1) is 32.2. The number of aryl methyl sites for hydroxylation is 1. The van der Waals surface area contributed by atoms with Crippen LogP contribution in [0.5, 0.6) is 0 Å². The van der Waals surface area contributed by atoms with E-state index in [4.69, 9.17) is 11.6 Å². The molecule has 3 atom stereocenters. The van der Waals surface area contributed by atoms with Gasteiger partial charge in [-0.1, -0.05) is 17.7 Å². The van der Waals surface area contributed by atoms with Gasteiger partial charge >= 0.3 is 0 Å². The summed E-state index contributed by atoms with van der Waals surface area (Å²) in [4.78, 5) is 34.8. The number of hydrogen-bond acceptors (Lipinski definition) is 4. The van der Waals surface area contributed by atoms with Crippen molar-refractivity contribution in [2.24, 2.45) is 5.92 Å². The van der Waals surface area contributed by atoms with Crippen LogP contribution in [0.3, 0.4) is 0 Å². The molecule has 42 heavy (non-hydrogen) atoms. The molecule has 0 aliphatic carbocycles. The van der Waals surface area contributed by atoms with E-state index >= 15 is 0 Å². The lowest BCUT2D eigenvalue weighted by molar-refractivity contribution is -0.136. The molecular weight excluding hydrogens is 558 g/mol. The average Bonchev–Trinajstić information content (AvgIpc) is 3.35. The molecule has 2 amide bonds. The van der Waals surface area contributed by atoms with Gasteiger partial charge in [0.2, 0.25) is 11.8 Å². The zero-order valence-electron chi connectivity index (χ0n) is 26.2. The average molecular weight is 603 g/mol. The van der Waals surface area contributed by atoms with E-state index in [-0.39, 0.29) is 35.4 Å². The molecule has 0 bridgehead atoms. The van der Waals surface area contributed by atoms with Crippen molar-refractivity contribution < 1.29 is 18.4 Å². The summed E-state index contributed by atoms with van der Waals surface area (Å²) < 4.78 is 28.7. The summed E-state index contributed by atoms with van der Waals surface area (Å²) in [6, 6.07) is 7.57. The number of benzene rings is 2. The molecule has 1 unspecified atom stereocenters. The Morgan fingerprint density at radius 2 is 1.64 bits per heavy atom. The summed E-state index contributed by atoms with van der Waals surface area (Å²) in [5, 5.41) is 0.658. The third kappa shape index (κ3) is 6.60. The number of amides is 2. The van der Waals surface area contributed by atoms with Gasteiger partial charge in [0.1, 0.15) is 11.6 Å². The van der Waals surface area contributed by atoms with Crippen molar-refractivity contribution in [1.82, 2.24) is 14.7 Å². The van der Waals surface area contributed by atoms with Crippen molar-refractivity contribution in [1.29, 1.82) is 0 Å². The molecule has 0 saturated carbocycles. The molecule has 9 heteroatoms. The largest absolute Gasteiger partial charge is 0.368 e. The Bertz CT molecular complexity index is 1320. The van der Waals surface area contributed by atoms with E-state index in [9.17, 15) is 18.4 Å². The second-order valence-corrected chi connectivity index (χ2v) is 13.5. The molecule has 0 aromatic heterocycles. The molecule has 2 aromatic carbocycles. The topological polar surface area (TPSA) is 47.1 Å². The van der Waals surface area contributed by atoms with Gasteiger partial charge < -0.3 is 14.7 Å². The van der Waals surface area contributed by atoms with E-state index in [0.29, 0.717) is 49.9 Å². The zero-order valence-corrected chi connectivity index (χ0v) is 26.9. The number of carbonyl (C=O) groups excluding carboxylic acids is 2. The molecule has 2 aliphatic heterocycles. The van der Waals surface area contributed by atoms with Gasteiger partial charge in [0.05, 0.1) is 12.0 Å². The summed E-state index contributed by atoms with van der Waals surface area (Å²) in [6.45, 7) is 19.3. The van der Waals surface area contributed by atoms with Crippen LogP contribution in [0.25, 0.3) is 0 Å². The van der Waals surface area contributed by atoms with Gasteiger partial charge in [-0.3, -0.25) is 14.5 Å².